The summed E-state index contributed by atoms with van der Waals surface area (Å²) in [6.07, 6.45) is 0. The van der Waals surface area contributed by atoms with E-state index in [1.165, 1.54) is 0 Å². The minimum atomic E-state index is -0.656. The molecule has 0 spiro atoms. The first-order valence-corrected chi connectivity index (χ1v) is 15.9. The molecule has 1 nitrogen and oxygen atoms in total. The van der Waals surface area contributed by atoms with Crippen LogP contribution in [0.25, 0.3) is 98.8 Å². The van der Waals surface area contributed by atoms with Crippen LogP contribution in [0.5, 0.6) is 0 Å². The number of rotatable bonds is 4. The van der Waals surface area contributed by atoms with Crippen molar-refractivity contribution in [2.45, 2.75) is 0 Å². The smallest absolute Gasteiger partial charge is 0.143 e. The third-order valence-corrected chi connectivity index (χ3v) is 9.23. The summed E-state index contributed by atoms with van der Waals surface area (Å²) in [4.78, 5) is 0. The number of hydrogen-bond acceptors (Lipinski definition) is 1. The molecule has 0 aliphatic rings. The molecule has 0 aliphatic heterocycles. The van der Waals surface area contributed by atoms with Crippen molar-refractivity contribution in [1.82, 2.24) is 0 Å². The van der Waals surface area contributed by atoms with Crippen LogP contribution in [0, 0.1) is 0 Å². The van der Waals surface area contributed by atoms with Gasteiger partial charge in [0.2, 0.25) is 0 Å². The number of para-hydroxylation sites is 1. The third-order valence-electron chi connectivity index (χ3n) is 9.23. The van der Waals surface area contributed by atoms with Gasteiger partial charge in [-0.1, -0.05) is 158 Å². The van der Waals surface area contributed by atoms with Gasteiger partial charge in [0.15, 0.2) is 0 Å². The fourth-order valence-corrected chi connectivity index (χ4v) is 7.03. The predicted octanol–water partition coefficient (Wildman–Crippen LogP) is 13.7. The lowest BCUT2D eigenvalue weighted by Gasteiger charge is -2.18. The Hall–Kier alpha value is -6.44. The van der Waals surface area contributed by atoms with E-state index < -0.39 is 59.9 Å². The summed E-state index contributed by atoms with van der Waals surface area (Å²) in [6, 6.07) is 32.6. The maximum Gasteiger partial charge on any atom is 0.143 e. The van der Waals surface area contributed by atoms with E-state index in [9.17, 15) is 4.11 Å². The van der Waals surface area contributed by atoms with Gasteiger partial charge in [-0.2, -0.15) is 0 Å². The van der Waals surface area contributed by atoms with Gasteiger partial charge >= 0.3 is 0 Å². The van der Waals surface area contributed by atoms with E-state index in [1.807, 2.05) is 66.7 Å². The third kappa shape index (κ3) is 4.47. The van der Waals surface area contributed by atoms with Crippen LogP contribution in [0.15, 0.2) is 186 Å². The summed E-state index contributed by atoms with van der Waals surface area (Å²) in [5.74, 6) is 0. The molecule has 1 heterocycles. The maximum atomic E-state index is 9.83. The van der Waals surface area contributed by atoms with Gasteiger partial charge in [-0.15, -0.1) is 0 Å². The van der Waals surface area contributed by atoms with Crippen LogP contribution >= 0.6 is 0 Å². The van der Waals surface area contributed by atoms with Crippen LogP contribution in [0.2, 0.25) is 0 Å². The number of fused-ring (bicyclic) bond motifs is 6. The van der Waals surface area contributed by atoms with Crippen LogP contribution in [0.3, 0.4) is 0 Å². The highest BCUT2D eigenvalue weighted by Gasteiger charge is 2.19. The molecule has 0 fully saturated rings. The van der Waals surface area contributed by atoms with Crippen molar-refractivity contribution in [3.05, 3.63) is 182 Å². The summed E-state index contributed by atoms with van der Waals surface area (Å²) >= 11 is 0. The average molecular weight is 634 g/mol. The Morgan fingerprint density at radius 1 is 0.388 bits per heavy atom. The van der Waals surface area contributed by atoms with Crippen molar-refractivity contribution >= 4 is 54.3 Å². The molecular weight excluding hydrogens is 593 g/mol. The molecule has 0 bridgehead atoms. The standard InChI is InChI=1S/C48H30O/c1-2-13-32(14-3-1)38-22-11-23-43-44-30-37(26-27-45(44)49-48(38)43)47-41-20-8-6-18-39(41)46(40-19-7-9-21-42(40)47)36-17-10-16-34(29-36)35-25-24-31-12-4-5-15-33(31)28-35/h1-30H/i1D,2D,3D,11D,13D,14D,22D,23D,26D,27D,30D. The first-order valence-electron chi connectivity index (χ1n) is 21.4. The van der Waals surface area contributed by atoms with Crippen LogP contribution in [-0.4, -0.2) is 0 Å². The zero-order valence-electron chi connectivity index (χ0n) is 36.9. The molecule has 49 heavy (non-hydrogen) atoms. The van der Waals surface area contributed by atoms with Gasteiger partial charge in [0, 0.05) is 16.3 Å². The molecule has 10 rings (SSSR count). The van der Waals surface area contributed by atoms with Gasteiger partial charge < -0.3 is 4.42 Å². The Balaban J connectivity index is 1.28. The fraction of sp³-hybridized carbons (Fsp3) is 0. The molecule has 228 valence electrons. The molecule has 0 amide bonds. The van der Waals surface area contributed by atoms with E-state index in [0.717, 1.165) is 54.6 Å². The van der Waals surface area contributed by atoms with Crippen molar-refractivity contribution in [2.75, 3.05) is 0 Å². The molecule has 9 aromatic carbocycles. The van der Waals surface area contributed by atoms with Crippen molar-refractivity contribution in [2.24, 2.45) is 0 Å². The fourth-order valence-electron chi connectivity index (χ4n) is 7.03. The molecule has 0 aliphatic carbocycles. The van der Waals surface area contributed by atoms with Gasteiger partial charge in [-0.3, -0.25) is 0 Å². The predicted molar refractivity (Wildman–Crippen MR) is 208 cm³/mol. The second-order valence-corrected chi connectivity index (χ2v) is 12.0. The summed E-state index contributed by atoms with van der Waals surface area (Å²) < 4.78 is 104. The highest BCUT2D eigenvalue weighted by molar-refractivity contribution is 6.22. The molecule has 1 heteroatoms. The van der Waals surface area contributed by atoms with E-state index in [0.29, 0.717) is 5.56 Å². The van der Waals surface area contributed by atoms with Crippen molar-refractivity contribution < 1.29 is 19.5 Å². The lowest BCUT2D eigenvalue weighted by atomic mass is 9.85. The minimum Gasteiger partial charge on any atom is -0.455 e. The Bertz CT molecular complexity index is 3430. The molecular formula is C48H30O. The van der Waals surface area contributed by atoms with Crippen LogP contribution in [-0.2, 0) is 0 Å². The number of hydrogen-bond donors (Lipinski definition) is 0. The van der Waals surface area contributed by atoms with E-state index in [2.05, 4.69) is 48.5 Å². The first-order chi connectivity index (χ1) is 28.9. The lowest BCUT2D eigenvalue weighted by molar-refractivity contribution is 0.670. The zero-order valence-corrected chi connectivity index (χ0v) is 25.9. The largest absolute Gasteiger partial charge is 0.455 e. The van der Waals surface area contributed by atoms with Crippen molar-refractivity contribution in [3.63, 3.8) is 0 Å². The monoisotopic (exact) mass is 633 g/mol. The Morgan fingerprint density at radius 2 is 1.04 bits per heavy atom. The molecule has 0 unspecified atom stereocenters. The SMILES string of the molecule is [2H]c1c([2H])c([2H])c(-c2c([2H])c([2H])c([2H])c3c2oc2c([2H])c([2H])c(-c4c5ccccc5c(-c5cccc(-c6ccc7ccccc7c6)c5)c5ccccc45)c([2H])c23)c([2H])c1[2H]. The van der Waals surface area contributed by atoms with E-state index >= 15 is 0 Å². The topological polar surface area (TPSA) is 13.1 Å². The normalized spacial score (nSPS) is 14.8. The Labute approximate surface area is 299 Å². The van der Waals surface area contributed by atoms with Gasteiger partial charge in [-0.05, 0) is 95.5 Å². The summed E-state index contributed by atoms with van der Waals surface area (Å²) in [7, 11) is 0. The molecule has 1 aromatic heterocycles. The van der Waals surface area contributed by atoms with Crippen molar-refractivity contribution in [1.29, 1.82) is 0 Å². The quantitative estimate of drug-likeness (QED) is 0.176. The second kappa shape index (κ2) is 11.1. The van der Waals surface area contributed by atoms with E-state index in [4.69, 9.17) is 15.4 Å². The van der Waals surface area contributed by atoms with Gasteiger partial charge in [-0.25, -0.2) is 0 Å². The number of benzene rings is 9. The molecule has 10 aromatic rings. The summed E-state index contributed by atoms with van der Waals surface area (Å²) in [5.41, 5.74) is 3.40. The highest BCUT2D eigenvalue weighted by atomic mass is 16.3. The molecule has 0 N–H and O–H groups in total. The molecule has 0 saturated carbocycles. The maximum absolute atomic E-state index is 9.83. The van der Waals surface area contributed by atoms with Gasteiger partial charge in [0.1, 0.15) is 11.2 Å². The van der Waals surface area contributed by atoms with E-state index in [-0.39, 0.29) is 45.2 Å². The Kier molecular flexibility index (Phi) is 4.25. The molecule has 0 atom stereocenters. The highest BCUT2D eigenvalue weighted by Crippen LogP contribution is 2.46. The van der Waals surface area contributed by atoms with Gasteiger partial charge in [0.25, 0.3) is 0 Å². The van der Waals surface area contributed by atoms with Crippen LogP contribution in [0.4, 0.5) is 0 Å². The zero-order chi connectivity index (χ0) is 41.9. The van der Waals surface area contributed by atoms with Crippen LogP contribution < -0.4 is 0 Å². The first kappa shape index (κ1) is 18.8. The van der Waals surface area contributed by atoms with Gasteiger partial charge in [0.05, 0.1) is 15.1 Å². The molecule has 0 radical (unpaired) electrons. The lowest BCUT2D eigenvalue weighted by Crippen LogP contribution is -1.91. The summed E-state index contributed by atoms with van der Waals surface area (Å²) in [5, 5.41) is 5.25. The minimum absolute atomic E-state index is 0.0477. The van der Waals surface area contributed by atoms with Crippen LogP contribution in [0.1, 0.15) is 15.1 Å². The molecule has 0 saturated heterocycles. The van der Waals surface area contributed by atoms with E-state index in [1.54, 1.807) is 0 Å². The second-order valence-electron chi connectivity index (χ2n) is 12.0. The number of furan rings is 1. The Morgan fingerprint density at radius 3 is 1.80 bits per heavy atom. The summed E-state index contributed by atoms with van der Waals surface area (Å²) in [6.45, 7) is 0. The van der Waals surface area contributed by atoms with Crippen molar-refractivity contribution in [3.8, 4) is 44.5 Å². The average Bonchev–Trinajstić information content (AvgIpc) is 3.68.